The number of hydrogen-bond donors (Lipinski definition) is 1. The Morgan fingerprint density at radius 3 is 2.19 bits per heavy atom. The van der Waals surface area contributed by atoms with E-state index in [0.717, 1.165) is 43.4 Å². The number of carbonyl (C=O) groups is 3. The van der Waals surface area contributed by atoms with Gasteiger partial charge >= 0.3 is 6.09 Å². The molecule has 0 bridgehead atoms. The van der Waals surface area contributed by atoms with Gasteiger partial charge in [-0.1, -0.05) is 39.5 Å². The fourth-order valence-corrected chi connectivity index (χ4v) is 2.10. The maximum Gasteiger partial charge on any atom is 0.408 e. The lowest BCUT2D eigenvalue weighted by molar-refractivity contribution is -0.139. The predicted molar refractivity (Wildman–Crippen MR) is 80.5 cm³/mol. The van der Waals surface area contributed by atoms with Crippen LogP contribution in [0.1, 0.15) is 58.8 Å². The van der Waals surface area contributed by atoms with E-state index in [1.54, 1.807) is 0 Å². The maximum absolute atomic E-state index is 12.1. The molecule has 0 spiro atoms. The van der Waals surface area contributed by atoms with Crippen LogP contribution in [0.25, 0.3) is 0 Å². The van der Waals surface area contributed by atoms with E-state index in [9.17, 15) is 14.4 Å². The van der Waals surface area contributed by atoms with Crippen LogP contribution in [-0.2, 0) is 14.3 Å². The Kier molecular flexibility index (Phi) is 11.3. The van der Waals surface area contributed by atoms with Crippen LogP contribution in [0.2, 0.25) is 0 Å². The summed E-state index contributed by atoms with van der Waals surface area (Å²) in [6.07, 6.45) is 6.50. The summed E-state index contributed by atoms with van der Waals surface area (Å²) in [5.74, 6) is 0.0524. The lowest BCUT2D eigenvalue weighted by Crippen LogP contribution is -2.41. The first-order valence-electron chi connectivity index (χ1n) is 7.65. The van der Waals surface area contributed by atoms with Crippen molar-refractivity contribution in [3.63, 3.8) is 0 Å². The van der Waals surface area contributed by atoms with E-state index in [1.165, 1.54) is 7.11 Å². The van der Waals surface area contributed by atoms with Crippen molar-refractivity contribution >= 4 is 18.4 Å². The number of nitrogens with one attached hydrogen (secondary N) is 1. The summed E-state index contributed by atoms with van der Waals surface area (Å²) in [6.45, 7) is 4.09. The standard InChI is InChI=1S/C15H28N2O4/c1-4-6-8-13(9-7-5-2)10-14(19)17(12-18)11-16-15(20)21-3/h12-13H,4-11H2,1-3H3,(H,16,20). The quantitative estimate of drug-likeness (QED) is 0.470. The second kappa shape index (κ2) is 12.2. The van der Waals surface area contributed by atoms with Crippen molar-refractivity contribution in [3.05, 3.63) is 0 Å². The fraction of sp³-hybridized carbons (Fsp3) is 0.800. The fourth-order valence-electron chi connectivity index (χ4n) is 2.10. The second-order valence-electron chi connectivity index (χ2n) is 5.15. The molecule has 0 saturated heterocycles. The largest absolute Gasteiger partial charge is 0.453 e. The zero-order valence-electron chi connectivity index (χ0n) is 13.4. The SMILES string of the molecule is CCCCC(CCCC)CC(=O)N(C=O)CNC(=O)OC. The lowest BCUT2D eigenvalue weighted by Gasteiger charge is -2.20. The molecule has 0 heterocycles. The van der Waals surface area contributed by atoms with Crippen LogP contribution in [-0.4, -0.2) is 37.1 Å². The van der Waals surface area contributed by atoms with Gasteiger partial charge in [-0.05, 0) is 18.8 Å². The number of imide groups is 1. The normalized spacial score (nSPS) is 10.3. The smallest absolute Gasteiger partial charge is 0.408 e. The first-order valence-corrected chi connectivity index (χ1v) is 7.65. The van der Waals surface area contributed by atoms with Gasteiger partial charge in [0.05, 0.1) is 7.11 Å². The third-order valence-electron chi connectivity index (χ3n) is 3.42. The summed E-state index contributed by atoms with van der Waals surface area (Å²) in [7, 11) is 1.23. The summed E-state index contributed by atoms with van der Waals surface area (Å²) in [6, 6.07) is 0. The summed E-state index contributed by atoms with van der Waals surface area (Å²) < 4.78 is 4.41. The highest BCUT2D eigenvalue weighted by Gasteiger charge is 2.19. The number of ether oxygens (including phenoxy) is 1. The van der Waals surface area contributed by atoms with Crippen molar-refractivity contribution < 1.29 is 19.1 Å². The third-order valence-corrected chi connectivity index (χ3v) is 3.42. The first-order chi connectivity index (χ1) is 10.1. The zero-order valence-corrected chi connectivity index (χ0v) is 13.4. The van der Waals surface area contributed by atoms with E-state index >= 15 is 0 Å². The van der Waals surface area contributed by atoms with E-state index in [1.807, 2.05) is 0 Å². The molecule has 6 heteroatoms. The van der Waals surface area contributed by atoms with Gasteiger partial charge in [0.2, 0.25) is 12.3 Å². The molecule has 6 nitrogen and oxygen atoms in total. The minimum Gasteiger partial charge on any atom is -0.453 e. The highest BCUT2D eigenvalue weighted by atomic mass is 16.5. The van der Waals surface area contributed by atoms with Crippen LogP contribution in [0, 0.1) is 5.92 Å². The molecule has 0 aromatic rings. The molecular formula is C15H28N2O4. The van der Waals surface area contributed by atoms with Crippen LogP contribution in [0.4, 0.5) is 4.79 Å². The number of nitrogens with zero attached hydrogens (tertiary/aromatic N) is 1. The van der Waals surface area contributed by atoms with Crippen molar-refractivity contribution in [3.8, 4) is 0 Å². The molecule has 21 heavy (non-hydrogen) atoms. The summed E-state index contributed by atoms with van der Waals surface area (Å²) >= 11 is 0. The average molecular weight is 300 g/mol. The monoisotopic (exact) mass is 300 g/mol. The zero-order chi connectivity index (χ0) is 16.1. The molecule has 0 aliphatic carbocycles. The Hall–Kier alpha value is -1.59. The molecule has 0 aromatic heterocycles. The predicted octanol–water partition coefficient (Wildman–Crippen LogP) is 2.67. The first kappa shape index (κ1) is 19.4. The van der Waals surface area contributed by atoms with E-state index in [0.29, 0.717) is 18.7 Å². The molecule has 0 fully saturated rings. The van der Waals surface area contributed by atoms with Crippen LogP contribution >= 0.6 is 0 Å². The van der Waals surface area contributed by atoms with E-state index in [-0.39, 0.29) is 12.6 Å². The molecule has 0 saturated carbocycles. The molecular weight excluding hydrogens is 272 g/mol. The summed E-state index contributed by atoms with van der Waals surface area (Å²) in [5.41, 5.74) is 0. The summed E-state index contributed by atoms with van der Waals surface area (Å²) in [5, 5.41) is 2.34. The van der Waals surface area contributed by atoms with Crippen molar-refractivity contribution in [1.29, 1.82) is 0 Å². The van der Waals surface area contributed by atoms with Gasteiger partial charge < -0.3 is 10.1 Å². The number of hydrogen-bond acceptors (Lipinski definition) is 4. The molecule has 122 valence electrons. The Balaban J connectivity index is 4.39. The minimum absolute atomic E-state index is 0.150. The number of carbonyl (C=O) groups excluding carboxylic acids is 3. The highest BCUT2D eigenvalue weighted by Crippen LogP contribution is 2.20. The Labute approximate surface area is 127 Å². The number of unbranched alkanes of at least 4 members (excludes halogenated alkanes) is 2. The van der Waals surface area contributed by atoms with E-state index < -0.39 is 6.09 Å². The van der Waals surface area contributed by atoms with Crippen LogP contribution in [0.5, 0.6) is 0 Å². The molecule has 0 unspecified atom stereocenters. The lowest BCUT2D eigenvalue weighted by atomic mass is 9.92. The number of alkyl carbamates (subject to hydrolysis) is 1. The van der Waals surface area contributed by atoms with Crippen molar-refractivity contribution in [1.82, 2.24) is 10.2 Å². The molecule has 0 aromatic carbocycles. The molecule has 1 N–H and O–H groups in total. The Bertz CT molecular complexity index is 313. The van der Waals surface area contributed by atoms with Gasteiger partial charge in [0.15, 0.2) is 0 Å². The number of rotatable bonds is 11. The highest BCUT2D eigenvalue weighted by molar-refractivity contribution is 5.86. The van der Waals surface area contributed by atoms with Gasteiger partial charge in [0.1, 0.15) is 6.67 Å². The molecule has 0 atom stereocenters. The second-order valence-corrected chi connectivity index (χ2v) is 5.15. The topological polar surface area (TPSA) is 75.7 Å². The van der Waals surface area contributed by atoms with Crippen LogP contribution in [0.3, 0.4) is 0 Å². The van der Waals surface area contributed by atoms with Gasteiger partial charge in [-0.15, -0.1) is 0 Å². The van der Waals surface area contributed by atoms with E-state index in [2.05, 4.69) is 23.9 Å². The molecule has 0 rings (SSSR count). The molecule has 3 amide bonds. The van der Waals surface area contributed by atoms with Gasteiger partial charge in [-0.2, -0.15) is 0 Å². The third kappa shape index (κ3) is 9.05. The maximum atomic E-state index is 12.1. The van der Waals surface area contributed by atoms with Crippen molar-refractivity contribution in [2.45, 2.75) is 58.8 Å². The van der Waals surface area contributed by atoms with Gasteiger partial charge in [0, 0.05) is 6.42 Å². The van der Waals surface area contributed by atoms with E-state index in [4.69, 9.17) is 0 Å². The molecule has 0 aliphatic rings. The van der Waals surface area contributed by atoms with Crippen molar-refractivity contribution in [2.24, 2.45) is 5.92 Å². The van der Waals surface area contributed by atoms with Gasteiger partial charge in [-0.25, -0.2) is 4.79 Å². The Morgan fingerprint density at radius 2 is 1.76 bits per heavy atom. The van der Waals surface area contributed by atoms with Crippen LogP contribution in [0.15, 0.2) is 0 Å². The van der Waals surface area contributed by atoms with Crippen molar-refractivity contribution in [2.75, 3.05) is 13.8 Å². The molecule has 0 aliphatic heterocycles. The van der Waals surface area contributed by atoms with Gasteiger partial charge in [0.25, 0.3) is 0 Å². The summed E-state index contributed by atoms with van der Waals surface area (Å²) in [4.78, 5) is 35.0. The number of amides is 3. The number of methoxy groups -OCH3 is 1. The minimum atomic E-state index is -0.664. The van der Waals surface area contributed by atoms with Crippen LogP contribution < -0.4 is 5.32 Å². The Morgan fingerprint density at radius 1 is 1.19 bits per heavy atom. The average Bonchev–Trinajstić information content (AvgIpc) is 2.50. The molecule has 0 radical (unpaired) electrons. The van der Waals surface area contributed by atoms with Gasteiger partial charge in [-0.3, -0.25) is 14.5 Å².